The molecule has 1 aliphatic carbocycles. The van der Waals surface area contributed by atoms with Crippen LogP contribution in [0.25, 0.3) is 0 Å². The van der Waals surface area contributed by atoms with Crippen LogP contribution in [0.3, 0.4) is 0 Å². The normalized spacial score (nSPS) is 21.6. The Hall–Kier alpha value is -3.21. The molecule has 3 aromatic rings. The number of anilines is 2. The second-order valence-electron chi connectivity index (χ2n) is 8.59. The molecule has 5 rings (SSSR count). The van der Waals surface area contributed by atoms with Gasteiger partial charge in [-0.25, -0.2) is 21.9 Å². The Labute approximate surface area is 202 Å². The first-order valence-electron chi connectivity index (χ1n) is 11.2. The van der Waals surface area contributed by atoms with Crippen LogP contribution in [0.1, 0.15) is 19.3 Å². The number of ether oxygens (including phenoxy) is 2. The van der Waals surface area contributed by atoms with E-state index >= 15 is 0 Å². The molecule has 1 aliphatic heterocycles. The van der Waals surface area contributed by atoms with E-state index in [1.165, 1.54) is 55.6 Å². The number of fused-ring (bicyclic) bond motifs is 2. The molecule has 3 atom stereocenters. The lowest BCUT2D eigenvalue weighted by Crippen LogP contribution is -2.56. The van der Waals surface area contributed by atoms with Crippen molar-refractivity contribution in [3.63, 3.8) is 0 Å². The van der Waals surface area contributed by atoms with Crippen LogP contribution in [0.2, 0.25) is 0 Å². The van der Waals surface area contributed by atoms with Gasteiger partial charge in [-0.15, -0.1) is 0 Å². The number of nitrogens with zero attached hydrogens (tertiary/aromatic N) is 1. The molecule has 7 nitrogen and oxygen atoms in total. The van der Waals surface area contributed by atoms with Crippen molar-refractivity contribution in [2.45, 2.75) is 42.3 Å². The van der Waals surface area contributed by atoms with Crippen LogP contribution in [-0.4, -0.2) is 38.8 Å². The topological polar surface area (TPSA) is 88.1 Å². The number of hydrogen-bond acceptors (Lipinski definition) is 6. The molecule has 0 radical (unpaired) electrons. The second kappa shape index (κ2) is 9.10. The van der Waals surface area contributed by atoms with Gasteiger partial charge < -0.3 is 19.5 Å². The van der Waals surface area contributed by atoms with E-state index in [4.69, 9.17) is 9.47 Å². The molecule has 0 unspecified atom stereocenters. The number of methoxy groups -OCH3 is 1. The summed E-state index contributed by atoms with van der Waals surface area (Å²) in [6.07, 6.45) is 0.493. The number of sulfonamides is 1. The highest BCUT2D eigenvalue weighted by Gasteiger charge is 2.41. The average Bonchev–Trinajstić information content (AvgIpc) is 2.84. The van der Waals surface area contributed by atoms with Gasteiger partial charge in [0.25, 0.3) is 0 Å². The fourth-order valence-corrected chi connectivity index (χ4v) is 6.02. The minimum Gasteiger partial charge on any atom is -0.497 e. The Morgan fingerprint density at radius 1 is 0.971 bits per heavy atom. The minimum absolute atomic E-state index is 0.0561. The summed E-state index contributed by atoms with van der Waals surface area (Å²) in [5.74, 6) is -0.123. The van der Waals surface area contributed by atoms with Crippen LogP contribution in [0.5, 0.6) is 17.2 Å². The maximum Gasteiger partial charge on any atom is 0.240 e. The largest absolute Gasteiger partial charge is 0.497 e. The Balaban J connectivity index is 1.47. The van der Waals surface area contributed by atoms with Crippen molar-refractivity contribution in [3.8, 4) is 17.2 Å². The van der Waals surface area contributed by atoms with Gasteiger partial charge in [-0.3, -0.25) is 0 Å². The van der Waals surface area contributed by atoms with Gasteiger partial charge >= 0.3 is 0 Å². The highest BCUT2D eigenvalue weighted by molar-refractivity contribution is 7.89. The summed E-state index contributed by atoms with van der Waals surface area (Å²) in [6, 6.07) is 12.7. The third-order valence-electron chi connectivity index (χ3n) is 6.41. The summed E-state index contributed by atoms with van der Waals surface area (Å²) in [7, 11) is -2.42. The van der Waals surface area contributed by atoms with E-state index in [0.29, 0.717) is 36.4 Å². The van der Waals surface area contributed by atoms with E-state index < -0.39 is 39.8 Å². The Kier molecular flexibility index (Phi) is 6.12. The second-order valence-corrected chi connectivity index (χ2v) is 10.3. The number of halogens is 2. The molecular formula is C25H24F2N2O5S. The molecule has 2 N–H and O–H groups in total. The third kappa shape index (κ3) is 4.44. The molecule has 2 aliphatic rings. The molecule has 3 aromatic carbocycles. The molecule has 10 heteroatoms. The average molecular weight is 503 g/mol. The van der Waals surface area contributed by atoms with Gasteiger partial charge in [-0.05, 0) is 67.8 Å². The third-order valence-corrected chi connectivity index (χ3v) is 7.92. The van der Waals surface area contributed by atoms with E-state index in [9.17, 15) is 22.3 Å². The lowest BCUT2D eigenvalue weighted by molar-refractivity contribution is 0.0807. The van der Waals surface area contributed by atoms with Gasteiger partial charge in [0.1, 0.15) is 17.4 Å². The van der Waals surface area contributed by atoms with Crippen molar-refractivity contribution in [2.75, 3.05) is 12.0 Å². The van der Waals surface area contributed by atoms with Crippen molar-refractivity contribution < 1.29 is 31.8 Å². The SMILES string of the molecule is COc1ccc(S(=O)(=O)N[C@@H]2CCC[C@H](N3c4ccc(F)cc4Oc4cc(F)ccc43)[C@H]2O)cc1. The van der Waals surface area contributed by atoms with E-state index in [2.05, 4.69) is 4.72 Å². The molecule has 0 bridgehead atoms. The van der Waals surface area contributed by atoms with E-state index in [1.807, 2.05) is 0 Å². The molecule has 1 heterocycles. The lowest BCUT2D eigenvalue weighted by atomic mass is 9.86. The highest BCUT2D eigenvalue weighted by Crippen LogP contribution is 2.49. The van der Waals surface area contributed by atoms with Crippen molar-refractivity contribution in [3.05, 3.63) is 72.3 Å². The maximum atomic E-state index is 13.9. The van der Waals surface area contributed by atoms with Crippen molar-refractivity contribution in [2.24, 2.45) is 0 Å². The highest BCUT2D eigenvalue weighted by atomic mass is 32.2. The number of nitrogens with one attached hydrogen (secondary N) is 1. The molecule has 0 spiro atoms. The predicted molar refractivity (Wildman–Crippen MR) is 126 cm³/mol. The molecule has 0 aromatic heterocycles. The Bertz CT molecular complexity index is 1300. The standard InChI is InChI=1S/C25H24F2N2O5S/c1-33-17-7-9-18(10-8-17)35(31,32)28-19-3-2-4-22(25(19)30)29-20-11-5-15(26)13-23(20)34-24-14-16(27)6-12-21(24)29/h5-14,19,22,25,28,30H,2-4H2,1H3/t19-,22+,25+/m1/s1. The van der Waals surface area contributed by atoms with E-state index in [0.717, 1.165) is 0 Å². The first-order chi connectivity index (χ1) is 16.8. The number of rotatable bonds is 5. The number of benzene rings is 3. The quantitative estimate of drug-likeness (QED) is 0.535. The Morgan fingerprint density at radius 2 is 1.57 bits per heavy atom. The summed E-state index contributed by atoms with van der Waals surface area (Å²) in [4.78, 5) is 1.84. The van der Waals surface area contributed by atoms with E-state index in [1.54, 1.807) is 17.0 Å². The fraction of sp³-hybridized carbons (Fsp3) is 0.280. The summed E-state index contributed by atoms with van der Waals surface area (Å²) in [6.45, 7) is 0. The molecule has 184 valence electrons. The number of aliphatic hydroxyl groups is 1. The molecule has 1 saturated carbocycles. The zero-order valence-electron chi connectivity index (χ0n) is 18.8. The zero-order chi connectivity index (χ0) is 24.7. The van der Waals surface area contributed by atoms with Crippen LogP contribution >= 0.6 is 0 Å². The molecule has 0 amide bonds. The predicted octanol–water partition coefficient (Wildman–Crippen LogP) is 4.48. The minimum atomic E-state index is -3.91. The monoisotopic (exact) mass is 502 g/mol. The van der Waals surface area contributed by atoms with Crippen molar-refractivity contribution in [1.82, 2.24) is 4.72 Å². The van der Waals surface area contributed by atoms with Gasteiger partial charge in [0.05, 0.1) is 41.6 Å². The summed E-state index contributed by atoms with van der Waals surface area (Å²) in [5.41, 5.74) is 1.02. The first-order valence-corrected chi connectivity index (χ1v) is 12.7. The van der Waals surface area contributed by atoms with Crippen molar-refractivity contribution in [1.29, 1.82) is 0 Å². The smallest absolute Gasteiger partial charge is 0.240 e. The van der Waals surface area contributed by atoms with Gasteiger partial charge in [0.2, 0.25) is 10.0 Å². The van der Waals surface area contributed by atoms with Crippen LogP contribution in [-0.2, 0) is 10.0 Å². The molecule has 35 heavy (non-hydrogen) atoms. The number of aliphatic hydroxyl groups excluding tert-OH is 1. The summed E-state index contributed by atoms with van der Waals surface area (Å²) >= 11 is 0. The number of hydrogen-bond donors (Lipinski definition) is 2. The van der Waals surface area contributed by atoms with Crippen LogP contribution in [0.15, 0.2) is 65.6 Å². The van der Waals surface area contributed by atoms with Crippen LogP contribution in [0.4, 0.5) is 20.2 Å². The van der Waals surface area contributed by atoms with E-state index in [-0.39, 0.29) is 16.4 Å². The van der Waals surface area contributed by atoms with Gasteiger partial charge in [-0.2, -0.15) is 0 Å². The first kappa shape index (κ1) is 23.5. The molecule has 1 fully saturated rings. The Morgan fingerprint density at radius 3 is 2.14 bits per heavy atom. The summed E-state index contributed by atoms with van der Waals surface area (Å²) < 4.78 is 67.4. The summed E-state index contributed by atoms with van der Waals surface area (Å²) in [5, 5.41) is 11.4. The van der Waals surface area contributed by atoms with Crippen molar-refractivity contribution >= 4 is 21.4 Å². The molecule has 0 saturated heterocycles. The molecular weight excluding hydrogens is 478 g/mol. The maximum absolute atomic E-state index is 13.9. The van der Waals surface area contributed by atoms with Gasteiger partial charge in [0.15, 0.2) is 11.5 Å². The van der Waals surface area contributed by atoms with Crippen LogP contribution < -0.4 is 19.1 Å². The fourth-order valence-electron chi connectivity index (χ4n) is 4.73. The van der Waals surface area contributed by atoms with Gasteiger partial charge in [-0.1, -0.05) is 0 Å². The zero-order valence-corrected chi connectivity index (χ0v) is 19.6. The van der Waals surface area contributed by atoms with Gasteiger partial charge in [0, 0.05) is 12.1 Å². The lowest BCUT2D eigenvalue weighted by Gasteiger charge is -2.44. The van der Waals surface area contributed by atoms with Crippen LogP contribution in [0, 0.1) is 11.6 Å².